The van der Waals surface area contributed by atoms with Crippen LogP contribution in [0.25, 0.3) is 11.5 Å². The van der Waals surface area contributed by atoms with Crippen molar-refractivity contribution in [3.05, 3.63) is 66.6 Å². The molecule has 1 aliphatic heterocycles. The maximum Gasteiger partial charge on any atom is 0.224 e. The summed E-state index contributed by atoms with van der Waals surface area (Å²) in [7, 11) is 0. The first-order valence-corrected chi connectivity index (χ1v) is 12.9. The topological polar surface area (TPSA) is 55.1 Å². The number of aromatic nitrogens is 3. The van der Waals surface area contributed by atoms with E-state index in [2.05, 4.69) is 53.2 Å². The summed E-state index contributed by atoms with van der Waals surface area (Å²) in [4.78, 5) is 15.6. The number of nitrogens with zero attached hydrogens (tertiary/aromatic N) is 4. The predicted molar refractivity (Wildman–Crippen MR) is 135 cm³/mol. The molecule has 3 heterocycles. The van der Waals surface area contributed by atoms with Crippen LogP contribution < -0.4 is 5.32 Å². The molecule has 1 aliphatic carbocycles. The van der Waals surface area contributed by atoms with Gasteiger partial charge in [-0.3, -0.25) is 9.69 Å². The first-order valence-electron chi connectivity index (χ1n) is 12.9. The standard InChI is InChI=1S/C28H37N5O/c1-21-10-8-14-26(22(21)2)30-27(34)23-11-9-15-31(19-23)20-24-18-29-33(25-12-4-3-5-13-25)28(24)32-16-6-7-17-32/h3-7,12-13,16-18,21-23,26H,8-11,14-15,19-20H2,1-2H3,(H,30,34). The van der Waals surface area contributed by atoms with Gasteiger partial charge in [0.25, 0.3) is 0 Å². The highest BCUT2D eigenvalue weighted by atomic mass is 16.2. The molecule has 4 atom stereocenters. The lowest BCUT2D eigenvalue weighted by atomic mass is 9.78. The zero-order chi connectivity index (χ0) is 23.5. The lowest BCUT2D eigenvalue weighted by Gasteiger charge is -2.37. The number of hydrogen-bond donors (Lipinski definition) is 1. The summed E-state index contributed by atoms with van der Waals surface area (Å²) in [6, 6.07) is 14.7. The number of nitrogens with one attached hydrogen (secondary N) is 1. The van der Waals surface area contributed by atoms with Gasteiger partial charge in [-0.2, -0.15) is 5.10 Å². The molecule has 0 spiro atoms. The third-order valence-electron chi connectivity index (χ3n) is 7.97. The third-order valence-corrected chi connectivity index (χ3v) is 7.97. The number of benzene rings is 1. The van der Waals surface area contributed by atoms with Gasteiger partial charge in [-0.15, -0.1) is 0 Å². The Kier molecular flexibility index (Phi) is 6.86. The molecule has 1 saturated heterocycles. The molecule has 1 aromatic carbocycles. The lowest BCUT2D eigenvalue weighted by Crippen LogP contribution is -2.49. The van der Waals surface area contributed by atoms with Crippen molar-refractivity contribution < 1.29 is 4.79 Å². The Bertz CT molecular complexity index is 1070. The molecule has 4 unspecified atom stereocenters. The Hall–Kier alpha value is -2.86. The second-order valence-corrected chi connectivity index (χ2v) is 10.3. The van der Waals surface area contributed by atoms with Crippen LogP contribution in [0.3, 0.4) is 0 Å². The number of para-hydroxylation sites is 1. The number of carbonyl (C=O) groups is 1. The van der Waals surface area contributed by atoms with Crippen molar-refractivity contribution in [3.8, 4) is 11.5 Å². The van der Waals surface area contributed by atoms with E-state index in [1.54, 1.807) is 0 Å². The summed E-state index contributed by atoms with van der Waals surface area (Å²) in [5.74, 6) is 2.63. The summed E-state index contributed by atoms with van der Waals surface area (Å²) in [5, 5.41) is 8.17. The monoisotopic (exact) mass is 459 g/mol. The van der Waals surface area contributed by atoms with Crippen molar-refractivity contribution in [1.29, 1.82) is 0 Å². The van der Waals surface area contributed by atoms with E-state index < -0.39 is 0 Å². The molecule has 2 aromatic heterocycles. The first kappa shape index (κ1) is 22.9. The average molecular weight is 460 g/mol. The van der Waals surface area contributed by atoms with Gasteiger partial charge in [-0.05, 0) is 61.9 Å². The molecule has 2 aliphatic rings. The quantitative estimate of drug-likeness (QED) is 0.575. The van der Waals surface area contributed by atoms with E-state index >= 15 is 0 Å². The van der Waals surface area contributed by atoms with Crippen LogP contribution in [0.2, 0.25) is 0 Å². The second-order valence-electron chi connectivity index (χ2n) is 10.3. The van der Waals surface area contributed by atoms with E-state index in [0.29, 0.717) is 17.9 Å². The van der Waals surface area contributed by atoms with E-state index in [1.807, 2.05) is 41.2 Å². The third kappa shape index (κ3) is 4.83. The fourth-order valence-electron chi connectivity index (χ4n) is 5.74. The predicted octanol–water partition coefficient (Wildman–Crippen LogP) is 4.82. The van der Waals surface area contributed by atoms with Gasteiger partial charge in [-0.25, -0.2) is 4.68 Å². The fraction of sp³-hybridized carbons (Fsp3) is 0.500. The van der Waals surface area contributed by atoms with Gasteiger partial charge in [0.1, 0.15) is 5.82 Å². The van der Waals surface area contributed by atoms with Gasteiger partial charge in [0.2, 0.25) is 5.91 Å². The van der Waals surface area contributed by atoms with Crippen molar-refractivity contribution >= 4 is 5.91 Å². The molecule has 6 heteroatoms. The zero-order valence-corrected chi connectivity index (χ0v) is 20.4. The molecule has 3 aromatic rings. The Morgan fingerprint density at radius 2 is 1.82 bits per heavy atom. The highest BCUT2D eigenvalue weighted by Crippen LogP contribution is 2.30. The van der Waals surface area contributed by atoms with Crippen LogP contribution in [0.1, 0.15) is 51.5 Å². The number of piperidine rings is 1. The number of carbonyl (C=O) groups excluding carboxylic acids is 1. The molecule has 34 heavy (non-hydrogen) atoms. The number of rotatable bonds is 6. The summed E-state index contributed by atoms with van der Waals surface area (Å²) >= 11 is 0. The second kappa shape index (κ2) is 10.2. The number of amides is 1. The van der Waals surface area contributed by atoms with Crippen LogP contribution in [0, 0.1) is 17.8 Å². The van der Waals surface area contributed by atoms with E-state index in [1.165, 1.54) is 18.4 Å². The maximum atomic E-state index is 13.2. The van der Waals surface area contributed by atoms with E-state index in [0.717, 1.165) is 50.4 Å². The van der Waals surface area contributed by atoms with Crippen LogP contribution in [-0.4, -0.2) is 44.3 Å². The average Bonchev–Trinajstić information content (AvgIpc) is 3.53. The van der Waals surface area contributed by atoms with Gasteiger partial charge in [0, 0.05) is 37.1 Å². The summed E-state index contributed by atoms with van der Waals surface area (Å²) in [5.41, 5.74) is 2.22. The summed E-state index contributed by atoms with van der Waals surface area (Å²) in [6.45, 7) is 7.24. The minimum absolute atomic E-state index is 0.0670. The van der Waals surface area contributed by atoms with Gasteiger partial charge in [0.05, 0.1) is 17.8 Å². The minimum atomic E-state index is 0.0670. The van der Waals surface area contributed by atoms with Crippen LogP contribution in [0.15, 0.2) is 61.1 Å². The van der Waals surface area contributed by atoms with Crippen LogP contribution in [-0.2, 0) is 11.3 Å². The Morgan fingerprint density at radius 1 is 1.03 bits per heavy atom. The Morgan fingerprint density at radius 3 is 2.62 bits per heavy atom. The molecule has 0 bridgehead atoms. The molecular formula is C28H37N5O. The smallest absolute Gasteiger partial charge is 0.224 e. The molecule has 0 radical (unpaired) electrons. The van der Waals surface area contributed by atoms with Gasteiger partial charge in [0.15, 0.2) is 0 Å². The van der Waals surface area contributed by atoms with E-state index in [4.69, 9.17) is 5.10 Å². The maximum absolute atomic E-state index is 13.2. The van der Waals surface area contributed by atoms with Gasteiger partial charge < -0.3 is 9.88 Å². The molecular weight excluding hydrogens is 422 g/mol. The molecule has 1 N–H and O–H groups in total. The van der Waals surface area contributed by atoms with Crippen LogP contribution in [0.5, 0.6) is 0 Å². The van der Waals surface area contributed by atoms with Gasteiger partial charge in [-0.1, -0.05) is 44.9 Å². The van der Waals surface area contributed by atoms with Crippen molar-refractivity contribution in [3.63, 3.8) is 0 Å². The number of likely N-dealkylation sites (tertiary alicyclic amines) is 1. The Labute approximate surface area is 203 Å². The van der Waals surface area contributed by atoms with E-state index in [9.17, 15) is 4.79 Å². The molecule has 2 fully saturated rings. The summed E-state index contributed by atoms with van der Waals surface area (Å²) < 4.78 is 4.14. The van der Waals surface area contributed by atoms with Crippen molar-refractivity contribution in [2.45, 2.75) is 58.5 Å². The van der Waals surface area contributed by atoms with E-state index in [-0.39, 0.29) is 11.8 Å². The SMILES string of the molecule is CC1CCCC(NC(=O)C2CCCN(Cc3cnn(-c4ccccc4)c3-n3cccc3)C2)C1C. The normalized spacial score (nSPS) is 25.8. The van der Waals surface area contributed by atoms with Crippen molar-refractivity contribution in [2.24, 2.45) is 17.8 Å². The molecule has 1 amide bonds. The molecule has 1 saturated carbocycles. The Balaban J connectivity index is 1.30. The highest BCUT2D eigenvalue weighted by Gasteiger charge is 2.32. The molecule has 6 nitrogen and oxygen atoms in total. The number of hydrogen-bond acceptors (Lipinski definition) is 3. The van der Waals surface area contributed by atoms with Crippen molar-refractivity contribution in [2.75, 3.05) is 13.1 Å². The fourth-order valence-corrected chi connectivity index (χ4v) is 5.74. The zero-order valence-electron chi connectivity index (χ0n) is 20.4. The van der Waals surface area contributed by atoms with Crippen molar-refractivity contribution in [1.82, 2.24) is 24.6 Å². The highest BCUT2D eigenvalue weighted by molar-refractivity contribution is 5.79. The lowest BCUT2D eigenvalue weighted by molar-refractivity contribution is -0.128. The van der Waals surface area contributed by atoms with Crippen LogP contribution in [0.4, 0.5) is 0 Å². The largest absolute Gasteiger partial charge is 0.353 e. The molecule has 5 rings (SSSR count). The minimum Gasteiger partial charge on any atom is -0.353 e. The van der Waals surface area contributed by atoms with Crippen LogP contribution >= 0.6 is 0 Å². The summed E-state index contributed by atoms with van der Waals surface area (Å²) in [6.07, 6.45) is 11.8. The molecule has 180 valence electrons. The van der Waals surface area contributed by atoms with Gasteiger partial charge >= 0.3 is 0 Å². The first-order chi connectivity index (χ1) is 16.6.